The first-order valence-corrected chi connectivity index (χ1v) is 2.33. The summed E-state index contributed by atoms with van der Waals surface area (Å²) in [6.45, 7) is 0. The molecule has 0 aliphatic heterocycles. The van der Waals surface area contributed by atoms with Crippen molar-refractivity contribution in [2.45, 2.75) is 0 Å². The van der Waals surface area contributed by atoms with Gasteiger partial charge in [0, 0.05) is 31.1 Å². The third-order valence-corrected chi connectivity index (χ3v) is 0. The summed E-state index contributed by atoms with van der Waals surface area (Å²) in [4.78, 5) is 0. The second kappa shape index (κ2) is 10.7. The Hall–Kier alpha value is 2.83. The summed E-state index contributed by atoms with van der Waals surface area (Å²) < 4.78 is 24.4. The summed E-state index contributed by atoms with van der Waals surface area (Å²) in [7, 11) is 0. The van der Waals surface area contributed by atoms with E-state index in [9.17, 15) is 0 Å². The Labute approximate surface area is 108 Å². The van der Waals surface area contributed by atoms with E-state index in [2.05, 4.69) is 0 Å². The van der Waals surface area contributed by atoms with E-state index in [0.29, 0.717) is 0 Å². The Bertz CT molecular complexity index is 63.3. The molecule has 0 aliphatic carbocycles. The van der Waals surface area contributed by atoms with E-state index in [1.165, 1.54) is 0 Å². The van der Waals surface area contributed by atoms with Crippen LogP contribution >= 0.6 is 0 Å². The van der Waals surface area contributed by atoms with Crippen molar-refractivity contribution < 1.29 is 111 Å². The minimum Gasteiger partial charge on any atom is 0 e. The van der Waals surface area contributed by atoms with Crippen LogP contribution in [-0.4, -0.2) is 4.03 Å². The zero-order chi connectivity index (χ0) is 3.58. The molecule has 0 radical (unpaired) electrons. The number of hydrogen-bond acceptors (Lipinski definition) is 2. The van der Waals surface area contributed by atoms with Gasteiger partial charge in [0.2, 0.25) is 0 Å². The summed E-state index contributed by atoms with van der Waals surface area (Å²) in [6, 6.07) is 0. The summed E-state index contributed by atoms with van der Waals surface area (Å²) in [5.74, 6) is 0. The van der Waals surface area contributed by atoms with Crippen LogP contribution in [0.15, 0.2) is 0 Å². The van der Waals surface area contributed by atoms with Crippen LogP contribution in [0.2, 0.25) is 0 Å². The Morgan fingerprint density at radius 1 is 1.50 bits per heavy atom. The molecule has 0 aromatic carbocycles. The first kappa shape index (κ1) is 15.9. The molecule has 0 aliphatic rings. The topological polar surface area (TPSA) is 54.4 Å². The fourth-order valence-corrected chi connectivity index (χ4v) is 0. The van der Waals surface area contributed by atoms with Gasteiger partial charge in [0.1, 0.15) is 0 Å². The number of hydrogen-bond donors (Lipinski definition) is 1. The Morgan fingerprint density at radius 2 is 1.50 bits per heavy atom. The summed E-state index contributed by atoms with van der Waals surface area (Å²) >= 11 is -3.69. The van der Waals surface area contributed by atoms with E-state index in [4.69, 9.17) is 11.4 Å². The van der Waals surface area contributed by atoms with Gasteiger partial charge < -0.3 is 1.43 Å². The minimum atomic E-state index is -3.69. The zero-order valence-corrected chi connectivity index (χ0v) is 11.9. The molecule has 0 saturated carbocycles. The minimum absolute atomic E-state index is 0. The average Bonchev–Trinajstić information content (AvgIpc) is 0.811. The van der Waals surface area contributed by atoms with Gasteiger partial charge in [0.05, 0.1) is 0 Å². The van der Waals surface area contributed by atoms with Crippen LogP contribution in [0, 0.1) is 31.1 Å². The molecule has 0 bridgehead atoms. The molecule has 0 rings (SSSR count). The van der Waals surface area contributed by atoms with Crippen molar-refractivity contribution in [2.24, 2.45) is 0 Å². The molecule has 6 heavy (non-hydrogen) atoms. The second-order valence-corrected chi connectivity index (χ2v) is 0.981. The van der Waals surface area contributed by atoms with Crippen LogP contribution in [0.4, 0.5) is 0 Å². The van der Waals surface area contributed by atoms with Crippen molar-refractivity contribution >= 4 is 0 Å². The Balaban J connectivity index is -0.0000000150. The van der Waals surface area contributed by atoms with Crippen LogP contribution in [0.5, 0.6) is 0 Å². The molecule has 0 aromatic heterocycles. The average molecular weight is 378 g/mol. The largest absolute Gasteiger partial charge is 0 e. The molecule has 0 spiro atoms. The van der Waals surface area contributed by atoms with E-state index in [1.54, 1.807) is 0 Å². The molecule has 0 saturated heterocycles. The Kier molecular flexibility index (Phi) is 28.5. The third-order valence-electron chi connectivity index (χ3n) is 0. The predicted octanol–water partition coefficient (Wildman–Crippen LogP) is -3.68. The predicted molar refractivity (Wildman–Crippen MR) is 4.70 cm³/mol. The first-order chi connectivity index (χ1) is 1.73. The van der Waals surface area contributed by atoms with E-state index in [1.807, 2.05) is 0 Å². The normalized spacial score (nSPS) is 4.17. The van der Waals surface area contributed by atoms with Gasteiger partial charge in [-0.1, -0.05) is 0 Å². The molecule has 6 heteroatoms. The fourth-order valence-electron chi connectivity index (χ4n) is 0. The van der Waals surface area contributed by atoms with Gasteiger partial charge >= 0.3 is 78.2 Å². The van der Waals surface area contributed by atoms with Crippen molar-refractivity contribution in [3.8, 4) is 0 Å². The zero-order valence-electron chi connectivity index (χ0n) is 4.21. The number of rotatable bonds is 0. The molecule has 0 heterocycles. The Morgan fingerprint density at radius 3 is 1.50 bits per heavy atom. The van der Waals surface area contributed by atoms with Crippen molar-refractivity contribution in [3.05, 3.63) is 0 Å². The molecular weight excluding hydrogens is 376 g/mol. The van der Waals surface area contributed by atoms with Crippen molar-refractivity contribution in [2.75, 3.05) is 0 Å². The molecule has 1 N–H and O–H groups in total. The van der Waals surface area contributed by atoms with E-state index < -0.39 is 15.4 Å². The van der Waals surface area contributed by atoms with E-state index in [-0.39, 0.29) is 83.9 Å². The molecule has 0 fully saturated rings. The van der Waals surface area contributed by atoms with Crippen LogP contribution < -0.4 is 51.4 Å². The van der Waals surface area contributed by atoms with E-state index in [0.717, 1.165) is 0 Å². The smallest absolute Gasteiger partial charge is 0 e. The van der Waals surface area contributed by atoms with Gasteiger partial charge in [-0.05, 0) is 0 Å². The third kappa shape index (κ3) is 29.0. The van der Waals surface area contributed by atoms with Crippen LogP contribution in [0.1, 0.15) is 1.43 Å². The quantitative estimate of drug-likeness (QED) is 0.442. The maximum Gasteiger partial charge on any atom is 0 e. The summed E-state index contributed by atoms with van der Waals surface area (Å²) in [5, 5.41) is 0. The first-order valence-electron chi connectivity index (χ1n) is 0.565. The molecule has 0 atom stereocenters. The summed E-state index contributed by atoms with van der Waals surface area (Å²) in [6.07, 6.45) is 0. The van der Waals surface area contributed by atoms with Crippen molar-refractivity contribution in [3.63, 3.8) is 0 Å². The molecule has 30 valence electrons. The standard InChI is InChI=1S/K.H2O.2O.U.V.H/h;1H2;;;;;/q+1;;;;;+1;-1/p-1. The molecule has 0 amide bonds. The SMILES string of the molecule is [H-].[K+].[O]=[V](=[O])[OH].[U]. The molecular formula is H2KO3UV. The second-order valence-electron chi connectivity index (χ2n) is 0.238. The van der Waals surface area contributed by atoms with Crippen LogP contribution in [-0.2, 0) is 22.7 Å². The van der Waals surface area contributed by atoms with Gasteiger partial charge in [-0.15, -0.1) is 0 Å². The molecule has 3 nitrogen and oxygen atoms in total. The van der Waals surface area contributed by atoms with Crippen molar-refractivity contribution in [1.29, 1.82) is 0 Å². The maximum atomic E-state index is 8.67. The van der Waals surface area contributed by atoms with Crippen molar-refractivity contribution in [1.82, 2.24) is 0 Å². The van der Waals surface area contributed by atoms with Gasteiger partial charge in [0.15, 0.2) is 0 Å². The maximum absolute atomic E-state index is 8.67. The summed E-state index contributed by atoms with van der Waals surface area (Å²) in [5.41, 5.74) is 0. The van der Waals surface area contributed by atoms with E-state index >= 15 is 0 Å². The fraction of sp³-hybridized carbons (Fsp3) is 0. The van der Waals surface area contributed by atoms with Gasteiger partial charge in [-0.3, -0.25) is 0 Å². The van der Waals surface area contributed by atoms with Gasteiger partial charge in [0.25, 0.3) is 0 Å². The monoisotopic (exact) mass is 378 g/mol. The van der Waals surface area contributed by atoms with Gasteiger partial charge in [-0.2, -0.15) is 0 Å². The molecule has 0 unspecified atom stereocenters. The molecule has 0 aromatic rings. The van der Waals surface area contributed by atoms with Crippen LogP contribution in [0.3, 0.4) is 0 Å². The van der Waals surface area contributed by atoms with Crippen LogP contribution in [0.25, 0.3) is 0 Å². The van der Waals surface area contributed by atoms with Gasteiger partial charge in [-0.25, -0.2) is 0 Å².